The minimum Gasteiger partial charge on any atom is -0.306 e. The van der Waals surface area contributed by atoms with Crippen molar-refractivity contribution in [3.05, 3.63) is 63.6 Å². The molecule has 0 radical (unpaired) electrons. The zero-order valence-electron chi connectivity index (χ0n) is 10.5. The van der Waals surface area contributed by atoms with Crippen molar-refractivity contribution in [2.45, 2.75) is 6.92 Å². The number of aryl methyl sites for hydroxylation is 1. The predicted molar refractivity (Wildman–Crippen MR) is 70.0 cm³/mol. The molecule has 1 heterocycles. The van der Waals surface area contributed by atoms with Crippen LogP contribution in [-0.4, -0.2) is 15.8 Å². The topological polar surface area (TPSA) is 85.1 Å². The number of rotatable bonds is 3. The average molecular weight is 275 g/mol. The van der Waals surface area contributed by atoms with Gasteiger partial charge in [0.05, 0.1) is 10.5 Å². The van der Waals surface area contributed by atoms with Gasteiger partial charge in [0, 0.05) is 5.56 Å². The summed E-state index contributed by atoms with van der Waals surface area (Å²) in [5.41, 5.74) is 0.0908. The Morgan fingerprint density at radius 3 is 2.70 bits per heavy atom. The van der Waals surface area contributed by atoms with Gasteiger partial charge in [0.25, 0.3) is 11.6 Å². The van der Waals surface area contributed by atoms with Gasteiger partial charge in [0.1, 0.15) is 17.8 Å². The SMILES string of the molecule is Cc1cc(NC(=O)c2ccccc2F)ncc1[N+](=O)[O-]. The van der Waals surface area contributed by atoms with Gasteiger partial charge in [-0.3, -0.25) is 14.9 Å². The number of carbonyl (C=O) groups is 1. The number of benzene rings is 1. The quantitative estimate of drug-likeness (QED) is 0.689. The van der Waals surface area contributed by atoms with Gasteiger partial charge in [-0.25, -0.2) is 9.37 Å². The lowest BCUT2D eigenvalue weighted by Gasteiger charge is -2.06. The lowest BCUT2D eigenvalue weighted by molar-refractivity contribution is -0.385. The van der Waals surface area contributed by atoms with E-state index in [0.717, 1.165) is 6.20 Å². The molecule has 2 aromatic rings. The van der Waals surface area contributed by atoms with E-state index in [1.165, 1.54) is 37.3 Å². The third-order valence-corrected chi connectivity index (χ3v) is 2.64. The molecular weight excluding hydrogens is 265 g/mol. The highest BCUT2D eigenvalue weighted by molar-refractivity contribution is 6.04. The number of nitro groups is 1. The Balaban J connectivity index is 2.23. The Kier molecular flexibility index (Phi) is 3.69. The number of hydrogen-bond donors (Lipinski definition) is 1. The number of nitrogens with one attached hydrogen (secondary N) is 1. The molecule has 1 aromatic heterocycles. The Morgan fingerprint density at radius 1 is 1.40 bits per heavy atom. The number of nitrogens with zero attached hydrogens (tertiary/aromatic N) is 2. The van der Waals surface area contributed by atoms with Crippen molar-refractivity contribution >= 4 is 17.4 Å². The second-order valence-corrected chi connectivity index (χ2v) is 4.05. The molecule has 1 N–H and O–H groups in total. The van der Waals surface area contributed by atoms with E-state index in [2.05, 4.69) is 10.3 Å². The number of halogens is 1. The molecule has 0 fully saturated rings. The summed E-state index contributed by atoms with van der Waals surface area (Å²) in [7, 11) is 0. The van der Waals surface area contributed by atoms with Crippen LogP contribution in [0.5, 0.6) is 0 Å². The minimum absolute atomic E-state index is 0.120. The number of pyridine rings is 1. The summed E-state index contributed by atoms with van der Waals surface area (Å²) < 4.78 is 13.4. The predicted octanol–water partition coefficient (Wildman–Crippen LogP) is 2.69. The summed E-state index contributed by atoms with van der Waals surface area (Å²) in [6.45, 7) is 1.53. The molecule has 7 heteroatoms. The van der Waals surface area contributed by atoms with E-state index in [-0.39, 0.29) is 17.1 Å². The molecule has 0 spiro atoms. The molecular formula is C13H10FN3O3. The molecule has 0 bridgehead atoms. The summed E-state index contributed by atoms with van der Waals surface area (Å²) in [6, 6.07) is 6.87. The van der Waals surface area contributed by atoms with E-state index in [4.69, 9.17) is 0 Å². The fourth-order valence-electron chi connectivity index (χ4n) is 1.64. The molecule has 102 valence electrons. The van der Waals surface area contributed by atoms with Crippen molar-refractivity contribution in [1.82, 2.24) is 4.98 Å². The van der Waals surface area contributed by atoms with Crippen LogP contribution in [-0.2, 0) is 0 Å². The van der Waals surface area contributed by atoms with Crippen LogP contribution < -0.4 is 5.32 Å². The van der Waals surface area contributed by atoms with Crippen LogP contribution >= 0.6 is 0 Å². The first-order valence-corrected chi connectivity index (χ1v) is 5.66. The molecule has 0 aliphatic carbocycles. The molecule has 0 atom stereocenters. The van der Waals surface area contributed by atoms with Gasteiger partial charge in [0.15, 0.2) is 0 Å². The fourth-order valence-corrected chi connectivity index (χ4v) is 1.64. The Hall–Kier alpha value is -2.83. The average Bonchev–Trinajstić information content (AvgIpc) is 2.38. The minimum atomic E-state index is -0.663. The number of hydrogen-bond acceptors (Lipinski definition) is 4. The molecule has 0 saturated heterocycles. The maximum atomic E-state index is 13.4. The first-order chi connectivity index (χ1) is 9.49. The molecule has 1 aromatic carbocycles. The molecule has 0 saturated carbocycles. The number of carbonyl (C=O) groups excluding carboxylic acids is 1. The monoisotopic (exact) mass is 275 g/mol. The Morgan fingerprint density at radius 2 is 2.10 bits per heavy atom. The first kappa shape index (κ1) is 13.6. The molecule has 0 unspecified atom stereocenters. The molecule has 20 heavy (non-hydrogen) atoms. The van der Waals surface area contributed by atoms with Crippen molar-refractivity contribution in [2.24, 2.45) is 0 Å². The van der Waals surface area contributed by atoms with Crippen molar-refractivity contribution in [3.8, 4) is 0 Å². The smallest absolute Gasteiger partial charge is 0.290 e. The van der Waals surface area contributed by atoms with E-state index in [9.17, 15) is 19.3 Å². The molecule has 0 aliphatic rings. The van der Waals surface area contributed by atoms with Crippen LogP contribution in [0.1, 0.15) is 15.9 Å². The Labute approximate surface area is 113 Å². The maximum absolute atomic E-state index is 13.4. The van der Waals surface area contributed by atoms with Crippen molar-refractivity contribution in [2.75, 3.05) is 5.32 Å². The van der Waals surface area contributed by atoms with E-state index >= 15 is 0 Å². The second kappa shape index (κ2) is 5.43. The van der Waals surface area contributed by atoms with Gasteiger partial charge in [-0.2, -0.15) is 0 Å². The van der Waals surface area contributed by atoms with Gasteiger partial charge in [-0.1, -0.05) is 12.1 Å². The van der Waals surface area contributed by atoms with Crippen molar-refractivity contribution in [3.63, 3.8) is 0 Å². The first-order valence-electron chi connectivity index (χ1n) is 5.66. The summed E-state index contributed by atoms with van der Waals surface area (Å²) in [4.78, 5) is 25.7. The summed E-state index contributed by atoms with van der Waals surface area (Å²) in [6.07, 6.45) is 1.05. The summed E-state index contributed by atoms with van der Waals surface area (Å²) in [5, 5.41) is 13.0. The van der Waals surface area contributed by atoms with Gasteiger partial charge in [0.2, 0.25) is 0 Å². The molecule has 0 aliphatic heterocycles. The third kappa shape index (κ3) is 2.77. The van der Waals surface area contributed by atoms with Crippen molar-refractivity contribution in [1.29, 1.82) is 0 Å². The maximum Gasteiger partial charge on any atom is 0.290 e. The number of aromatic nitrogens is 1. The molecule has 2 rings (SSSR count). The number of anilines is 1. The highest BCUT2D eigenvalue weighted by Gasteiger charge is 2.15. The lowest BCUT2D eigenvalue weighted by Crippen LogP contribution is -2.14. The zero-order chi connectivity index (χ0) is 14.7. The highest BCUT2D eigenvalue weighted by Crippen LogP contribution is 2.19. The van der Waals surface area contributed by atoms with E-state index < -0.39 is 16.6 Å². The van der Waals surface area contributed by atoms with Gasteiger partial charge in [-0.05, 0) is 25.1 Å². The van der Waals surface area contributed by atoms with Crippen molar-refractivity contribution < 1.29 is 14.1 Å². The lowest BCUT2D eigenvalue weighted by atomic mass is 10.2. The van der Waals surface area contributed by atoms with Crippen LogP contribution in [0.25, 0.3) is 0 Å². The fraction of sp³-hybridized carbons (Fsp3) is 0.0769. The van der Waals surface area contributed by atoms with E-state index in [1.54, 1.807) is 0 Å². The largest absolute Gasteiger partial charge is 0.306 e. The van der Waals surface area contributed by atoms with Crippen LogP contribution in [0.15, 0.2) is 36.5 Å². The van der Waals surface area contributed by atoms with Crippen LogP contribution in [0, 0.1) is 22.9 Å². The zero-order valence-corrected chi connectivity index (χ0v) is 10.5. The van der Waals surface area contributed by atoms with Gasteiger partial charge >= 0.3 is 0 Å². The third-order valence-electron chi connectivity index (χ3n) is 2.64. The van der Waals surface area contributed by atoms with Crippen LogP contribution in [0.4, 0.5) is 15.9 Å². The van der Waals surface area contributed by atoms with Crippen LogP contribution in [0.2, 0.25) is 0 Å². The normalized spacial score (nSPS) is 10.1. The van der Waals surface area contributed by atoms with E-state index in [0.29, 0.717) is 5.56 Å². The summed E-state index contributed by atoms with van der Waals surface area (Å²) >= 11 is 0. The standard InChI is InChI=1S/C13H10FN3O3/c1-8-6-12(15-7-11(8)17(19)20)16-13(18)9-4-2-3-5-10(9)14/h2-7H,1H3,(H,15,16,18). The van der Waals surface area contributed by atoms with E-state index in [1.807, 2.05) is 0 Å². The highest BCUT2D eigenvalue weighted by atomic mass is 19.1. The van der Waals surface area contributed by atoms with Crippen LogP contribution in [0.3, 0.4) is 0 Å². The number of amides is 1. The Bertz CT molecular complexity index is 688. The summed E-state index contributed by atoms with van der Waals surface area (Å²) in [5.74, 6) is -1.19. The molecule has 6 nitrogen and oxygen atoms in total. The second-order valence-electron chi connectivity index (χ2n) is 4.05. The van der Waals surface area contributed by atoms with Gasteiger partial charge < -0.3 is 5.32 Å². The van der Waals surface area contributed by atoms with Gasteiger partial charge in [-0.15, -0.1) is 0 Å². The molecule has 1 amide bonds.